The lowest BCUT2D eigenvalue weighted by molar-refractivity contribution is -0.167. The van der Waals surface area contributed by atoms with Gasteiger partial charge in [-0.15, -0.1) is 0 Å². The van der Waals surface area contributed by atoms with Crippen molar-refractivity contribution >= 4 is 17.9 Å². The zero-order chi connectivity index (χ0) is 57.1. The zero-order valence-corrected chi connectivity index (χ0v) is 53.4. The molecule has 0 rings (SSSR count). The van der Waals surface area contributed by atoms with E-state index in [0.717, 1.165) is 64.2 Å². The third-order valence-corrected chi connectivity index (χ3v) is 16.1. The number of carbonyl (C=O) groups excluding carboxylic acids is 3. The lowest BCUT2D eigenvalue weighted by Crippen LogP contribution is -2.30. The molecule has 0 aromatic rings. The van der Waals surface area contributed by atoms with E-state index >= 15 is 0 Å². The van der Waals surface area contributed by atoms with Crippen molar-refractivity contribution in [2.75, 3.05) is 13.2 Å². The molecule has 0 N–H and O–H groups in total. The summed E-state index contributed by atoms with van der Waals surface area (Å²) in [5.41, 5.74) is 0. The monoisotopic (exact) mass is 1110 g/mol. The van der Waals surface area contributed by atoms with E-state index < -0.39 is 6.10 Å². The number of rotatable bonds is 66. The third kappa shape index (κ3) is 66.3. The maximum atomic E-state index is 13.0. The van der Waals surface area contributed by atoms with E-state index in [-0.39, 0.29) is 31.1 Å². The van der Waals surface area contributed by atoms with Crippen molar-refractivity contribution in [2.24, 2.45) is 0 Å². The van der Waals surface area contributed by atoms with Gasteiger partial charge in [-0.25, -0.2) is 0 Å². The van der Waals surface area contributed by atoms with E-state index in [1.54, 1.807) is 0 Å². The largest absolute Gasteiger partial charge is 0.462 e. The standard InChI is InChI=1S/C73H136O6/c1-4-7-10-13-16-19-22-25-28-31-34-35-36-37-40-42-45-48-51-54-57-60-63-66-72(75)78-69-70(79-73(76)67-64-61-58-55-52-49-46-43-39-33-30-27-24-21-18-15-12-9-6-3)68-77-71(74)65-62-59-56-53-50-47-44-41-38-32-29-26-23-20-17-14-11-8-5-2/h18,21,27,30-31,34,70H,4-17,19-20,22-26,28-29,32-33,35-69H2,1-3H3/b21-18-,30-27-,34-31-. The normalized spacial score (nSPS) is 12.2. The summed E-state index contributed by atoms with van der Waals surface area (Å²) >= 11 is 0. The van der Waals surface area contributed by atoms with Crippen LogP contribution in [0, 0.1) is 0 Å². The maximum absolute atomic E-state index is 13.0. The highest BCUT2D eigenvalue weighted by Crippen LogP contribution is 2.18. The molecule has 0 saturated heterocycles. The zero-order valence-electron chi connectivity index (χ0n) is 53.4. The van der Waals surface area contributed by atoms with Gasteiger partial charge in [0.25, 0.3) is 0 Å². The van der Waals surface area contributed by atoms with Gasteiger partial charge in [-0.2, -0.15) is 0 Å². The summed E-state index contributed by atoms with van der Waals surface area (Å²) in [5.74, 6) is -0.843. The Morgan fingerprint density at radius 3 is 0.734 bits per heavy atom. The van der Waals surface area contributed by atoms with Crippen molar-refractivity contribution in [2.45, 2.75) is 399 Å². The van der Waals surface area contributed by atoms with Crippen molar-refractivity contribution in [1.29, 1.82) is 0 Å². The molecule has 0 amide bonds. The van der Waals surface area contributed by atoms with Crippen LogP contribution in [-0.2, 0) is 28.6 Å². The topological polar surface area (TPSA) is 78.9 Å². The highest BCUT2D eigenvalue weighted by atomic mass is 16.6. The summed E-state index contributed by atoms with van der Waals surface area (Å²) < 4.78 is 17.0. The minimum atomic E-state index is -0.774. The molecule has 1 atom stereocenters. The van der Waals surface area contributed by atoms with Crippen LogP contribution in [0.15, 0.2) is 36.5 Å². The predicted molar refractivity (Wildman–Crippen MR) is 344 cm³/mol. The van der Waals surface area contributed by atoms with Crippen LogP contribution in [-0.4, -0.2) is 37.2 Å². The lowest BCUT2D eigenvalue weighted by Gasteiger charge is -2.18. The van der Waals surface area contributed by atoms with Gasteiger partial charge in [-0.05, 0) is 77.0 Å². The quantitative estimate of drug-likeness (QED) is 0.0261. The highest BCUT2D eigenvalue weighted by Gasteiger charge is 2.19. The van der Waals surface area contributed by atoms with Gasteiger partial charge in [0.05, 0.1) is 0 Å². The molecule has 1 unspecified atom stereocenters. The molecule has 0 aromatic carbocycles. The molecule has 0 aliphatic heterocycles. The summed E-state index contributed by atoms with van der Waals surface area (Å²) in [7, 11) is 0. The van der Waals surface area contributed by atoms with Crippen LogP contribution in [0.2, 0.25) is 0 Å². The number of hydrogen-bond donors (Lipinski definition) is 0. The van der Waals surface area contributed by atoms with E-state index in [9.17, 15) is 14.4 Å². The van der Waals surface area contributed by atoms with Gasteiger partial charge in [0.2, 0.25) is 0 Å². The Labute approximate surface area is 493 Å². The summed E-state index contributed by atoms with van der Waals surface area (Å²) in [6, 6.07) is 0. The fourth-order valence-corrected chi connectivity index (χ4v) is 10.8. The van der Waals surface area contributed by atoms with Crippen LogP contribution < -0.4 is 0 Å². The number of ether oxygens (including phenoxy) is 3. The van der Waals surface area contributed by atoms with Crippen LogP contribution in [0.1, 0.15) is 393 Å². The summed E-state index contributed by atoms with van der Waals surface area (Å²) in [5, 5.41) is 0. The average molecular weight is 1110 g/mol. The smallest absolute Gasteiger partial charge is 0.306 e. The van der Waals surface area contributed by atoms with Crippen molar-refractivity contribution in [3.63, 3.8) is 0 Å². The highest BCUT2D eigenvalue weighted by molar-refractivity contribution is 5.71. The summed E-state index contributed by atoms with van der Waals surface area (Å²) in [4.78, 5) is 38.5. The molecule has 0 saturated carbocycles. The van der Waals surface area contributed by atoms with Crippen LogP contribution >= 0.6 is 0 Å². The molecule has 0 fully saturated rings. The van der Waals surface area contributed by atoms with Crippen molar-refractivity contribution < 1.29 is 28.6 Å². The summed E-state index contributed by atoms with van der Waals surface area (Å²) in [6.07, 6.45) is 84.5. The Bertz CT molecular complexity index is 1320. The first-order chi connectivity index (χ1) is 39.0. The SMILES string of the molecule is CCCCC/C=C\C/C=C\CCCCCCCCCCCC(=O)OC(COC(=O)CCCCCCCCCCCCC/C=C\CCCCCCCCCC)COC(=O)CCCCCCCCCCCCCCCCCCCCC. The van der Waals surface area contributed by atoms with E-state index in [2.05, 4.69) is 57.2 Å². The van der Waals surface area contributed by atoms with Crippen LogP contribution in [0.3, 0.4) is 0 Å². The molecule has 0 aliphatic rings. The molecule has 0 aliphatic carbocycles. The van der Waals surface area contributed by atoms with Gasteiger partial charge >= 0.3 is 17.9 Å². The van der Waals surface area contributed by atoms with Crippen LogP contribution in [0.5, 0.6) is 0 Å². The summed E-state index contributed by atoms with van der Waals surface area (Å²) in [6.45, 7) is 6.69. The Hall–Kier alpha value is -2.37. The second kappa shape index (κ2) is 68.1. The van der Waals surface area contributed by atoms with Crippen LogP contribution in [0.4, 0.5) is 0 Å². The first-order valence-corrected chi connectivity index (χ1v) is 35.5. The molecule has 0 radical (unpaired) electrons. The Kier molecular flexibility index (Phi) is 66.1. The minimum Gasteiger partial charge on any atom is -0.462 e. The molecular weight excluding hydrogens is 973 g/mol. The molecule has 0 aromatic heterocycles. The number of unbranched alkanes of at least 4 members (excludes halogenated alkanes) is 49. The second-order valence-corrected chi connectivity index (χ2v) is 24.1. The van der Waals surface area contributed by atoms with Gasteiger partial charge in [0.15, 0.2) is 6.10 Å². The second-order valence-electron chi connectivity index (χ2n) is 24.1. The molecule has 0 heterocycles. The lowest BCUT2D eigenvalue weighted by atomic mass is 10.0. The minimum absolute atomic E-state index is 0.0689. The first-order valence-electron chi connectivity index (χ1n) is 35.5. The van der Waals surface area contributed by atoms with E-state index in [4.69, 9.17) is 14.2 Å². The van der Waals surface area contributed by atoms with E-state index in [1.165, 1.54) is 289 Å². The molecule has 464 valence electrons. The van der Waals surface area contributed by atoms with Gasteiger partial charge in [0.1, 0.15) is 13.2 Å². The Morgan fingerprint density at radius 1 is 0.253 bits per heavy atom. The molecule has 0 spiro atoms. The fourth-order valence-electron chi connectivity index (χ4n) is 10.8. The Morgan fingerprint density at radius 2 is 0.456 bits per heavy atom. The average Bonchev–Trinajstić information content (AvgIpc) is 3.45. The third-order valence-electron chi connectivity index (χ3n) is 16.1. The van der Waals surface area contributed by atoms with Crippen LogP contribution in [0.25, 0.3) is 0 Å². The number of carbonyl (C=O) groups is 3. The molecule has 79 heavy (non-hydrogen) atoms. The van der Waals surface area contributed by atoms with Gasteiger partial charge in [-0.3, -0.25) is 14.4 Å². The van der Waals surface area contributed by atoms with E-state index in [1.807, 2.05) is 0 Å². The molecule has 6 heteroatoms. The predicted octanol–water partition coefficient (Wildman–Crippen LogP) is 24.3. The van der Waals surface area contributed by atoms with Gasteiger partial charge in [0, 0.05) is 19.3 Å². The van der Waals surface area contributed by atoms with Gasteiger partial charge in [-0.1, -0.05) is 333 Å². The molecule has 0 bridgehead atoms. The Balaban J connectivity index is 4.31. The molecular formula is C73H136O6. The van der Waals surface area contributed by atoms with Crippen molar-refractivity contribution in [1.82, 2.24) is 0 Å². The number of esters is 3. The van der Waals surface area contributed by atoms with Crippen molar-refractivity contribution in [3.05, 3.63) is 36.5 Å². The van der Waals surface area contributed by atoms with Crippen molar-refractivity contribution in [3.8, 4) is 0 Å². The van der Waals surface area contributed by atoms with Gasteiger partial charge < -0.3 is 14.2 Å². The molecule has 6 nitrogen and oxygen atoms in total. The first kappa shape index (κ1) is 76.6. The maximum Gasteiger partial charge on any atom is 0.306 e. The fraction of sp³-hybridized carbons (Fsp3) is 0.877. The number of allylic oxidation sites excluding steroid dienone is 6. The van der Waals surface area contributed by atoms with E-state index in [0.29, 0.717) is 19.3 Å². The number of hydrogen-bond acceptors (Lipinski definition) is 6.